The van der Waals surface area contributed by atoms with Crippen LogP contribution in [0.3, 0.4) is 0 Å². The minimum atomic E-state index is 0.329. The number of thiophene rings is 1. The predicted octanol–water partition coefficient (Wildman–Crippen LogP) is 5.34. The molecule has 1 aromatic heterocycles. The lowest BCUT2D eigenvalue weighted by Crippen LogP contribution is -2.22. The fourth-order valence-electron chi connectivity index (χ4n) is 2.65. The highest BCUT2D eigenvalue weighted by Gasteiger charge is 2.15. The number of aryl methyl sites for hydroxylation is 1. The Morgan fingerprint density at radius 2 is 1.95 bits per heavy atom. The molecule has 0 spiro atoms. The van der Waals surface area contributed by atoms with Gasteiger partial charge in [-0.2, -0.15) is 0 Å². The van der Waals surface area contributed by atoms with Crippen molar-refractivity contribution in [2.75, 3.05) is 6.54 Å². The van der Waals surface area contributed by atoms with Gasteiger partial charge in [-0.1, -0.05) is 45.0 Å². The third-order valence-corrected chi connectivity index (χ3v) is 4.64. The topological polar surface area (TPSA) is 12.0 Å². The van der Waals surface area contributed by atoms with Gasteiger partial charge in [0.05, 0.1) is 6.04 Å². The van der Waals surface area contributed by atoms with E-state index in [4.69, 9.17) is 0 Å². The van der Waals surface area contributed by atoms with E-state index in [0.29, 0.717) is 12.0 Å². The zero-order valence-corrected chi connectivity index (χ0v) is 14.5. The largest absolute Gasteiger partial charge is 0.306 e. The Morgan fingerprint density at radius 3 is 2.57 bits per heavy atom. The summed E-state index contributed by atoms with van der Waals surface area (Å²) in [6, 6.07) is 13.9. The molecule has 0 amide bonds. The second kappa shape index (κ2) is 7.77. The Kier molecular flexibility index (Phi) is 6.01. The lowest BCUT2D eigenvalue weighted by Gasteiger charge is -2.19. The van der Waals surface area contributed by atoms with Gasteiger partial charge in [0.2, 0.25) is 0 Å². The maximum atomic E-state index is 3.71. The van der Waals surface area contributed by atoms with E-state index in [1.54, 1.807) is 0 Å². The van der Waals surface area contributed by atoms with Crippen LogP contribution in [0.15, 0.2) is 36.4 Å². The normalized spacial score (nSPS) is 12.8. The van der Waals surface area contributed by atoms with Crippen LogP contribution in [0.25, 0.3) is 0 Å². The van der Waals surface area contributed by atoms with Gasteiger partial charge in [-0.3, -0.25) is 0 Å². The van der Waals surface area contributed by atoms with Crippen molar-refractivity contribution in [3.63, 3.8) is 0 Å². The monoisotopic (exact) mass is 301 g/mol. The van der Waals surface area contributed by atoms with Crippen LogP contribution in [0.2, 0.25) is 0 Å². The third-order valence-electron chi connectivity index (χ3n) is 3.57. The first-order valence-electron chi connectivity index (χ1n) is 7.98. The van der Waals surface area contributed by atoms with Crippen molar-refractivity contribution >= 4 is 11.3 Å². The Bertz CT molecular complexity index is 556. The number of rotatable bonds is 7. The van der Waals surface area contributed by atoms with E-state index >= 15 is 0 Å². The van der Waals surface area contributed by atoms with Gasteiger partial charge in [-0.05, 0) is 55.5 Å². The summed E-state index contributed by atoms with van der Waals surface area (Å²) >= 11 is 1.90. The van der Waals surface area contributed by atoms with Crippen LogP contribution in [0.1, 0.15) is 54.1 Å². The van der Waals surface area contributed by atoms with E-state index in [1.165, 1.54) is 20.9 Å². The minimum absolute atomic E-state index is 0.329. The summed E-state index contributed by atoms with van der Waals surface area (Å²) < 4.78 is 0. The van der Waals surface area contributed by atoms with E-state index in [1.807, 2.05) is 11.3 Å². The SMILES string of the molecule is CCCNC(c1cccc(CC(C)C)c1)c1ccc(C)s1. The van der Waals surface area contributed by atoms with Crippen LogP contribution in [0, 0.1) is 12.8 Å². The van der Waals surface area contributed by atoms with Crippen molar-refractivity contribution in [1.29, 1.82) is 0 Å². The summed E-state index contributed by atoms with van der Waals surface area (Å²) in [5.41, 5.74) is 2.84. The predicted molar refractivity (Wildman–Crippen MR) is 94.2 cm³/mol. The van der Waals surface area contributed by atoms with Gasteiger partial charge in [0.15, 0.2) is 0 Å². The van der Waals surface area contributed by atoms with Crippen LogP contribution >= 0.6 is 11.3 Å². The molecule has 0 aliphatic rings. The van der Waals surface area contributed by atoms with Crippen LogP contribution in [0.5, 0.6) is 0 Å². The van der Waals surface area contributed by atoms with E-state index in [-0.39, 0.29) is 0 Å². The van der Waals surface area contributed by atoms with Gasteiger partial charge >= 0.3 is 0 Å². The van der Waals surface area contributed by atoms with Gasteiger partial charge in [-0.15, -0.1) is 11.3 Å². The summed E-state index contributed by atoms with van der Waals surface area (Å²) in [4.78, 5) is 2.80. The molecular formula is C19H27NS. The zero-order chi connectivity index (χ0) is 15.2. The molecule has 1 N–H and O–H groups in total. The van der Waals surface area contributed by atoms with Gasteiger partial charge in [0, 0.05) is 9.75 Å². The molecule has 2 rings (SSSR count). The Balaban J connectivity index is 2.27. The Morgan fingerprint density at radius 1 is 1.14 bits per heavy atom. The fraction of sp³-hybridized carbons (Fsp3) is 0.474. The molecule has 1 unspecified atom stereocenters. The highest BCUT2D eigenvalue weighted by atomic mass is 32.1. The van der Waals surface area contributed by atoms with E-state index in [9.17, 15) is 0 Å². The number of hydrogen-bond donors (Lipinski definition) is 1. The molecule has 21 heavy (non-hydrogen) atoms. The second-order valence-corrected chi connectivity index (χ2v) is 7.50. The molecule has 2 heteroatoms. The molecule has 1 nitrogen and oxygen atoms in total. The van der Waals surface area contributed by atoms with Crippen molar-refractivity contribution < 1.29 is 0 Å². The molecule has 0 aliphatic carbocycles. The zero-order valence-electron chi connectivity index (χ0n) is 13.6. The molecule has 0 saturated heterocycles. The van der Waals surface area contributed by atoms with Gasteiger partial charge in [0.1, 0.15) is 0 Å². The van der Waals surface area contributed by atoms with Crippen molar-refractivity contribution in [3.8, 4) is 0 Å². The third kappa shape index (κ3) is 4.69. The van der Waals surface area contributed by atoms with Crippen LogP contribution < -0.4 is 5.32 Å². The van der Waals surface area contributed by atoms with E-state index in [0.717, 1.165) is 19.4 Å². The van der Waals surface area contributed by atoms with Crippen molar-refractivity contribution in [1.82, 2.24) is 5.32 Å². The van der Waals surface area contributed by atoms with Crippen LogP contribution in [-0.2, 0) is 6.42 Å². The van der Waals surface area contributed by atoms with Gasteiger partial charge in [-0.25, -0.2) is 0 Å². The van der Waals surface area contributed by atoms with Crippen molar-refractivity contribution in [2.45, 2.75) is 46.6 Å². The summed E-state index contributed by atoms with van der Waals surface area (Å²) in [6.45, 7) is 10.0. The first kappa shape index (κ1) is 16.3. The van der Waals surface area contributed by atoms with Crippen LogP contribution in [0.4, 0.5) is 0 Å². The number of nitrogens with one attached hydrogen (secondary N) is 1. The summed E-state index contributed by atoms with van der Waals surface area (Å²) in [6.07, 6.45) is 2.31. The molecule has 114 valence electrons. The quantitative estimate of drug-likeness (QED) is 0.727. The number of hydrogen-bond acceptors (Lipinski definition) is 2. The average molecular weight is 301 g/mol. The summed E-state index contributed by atoms with van der Waals surface area (Å²) in [5, 5.41) is 3.71. The standard InChI is InChI=1S/C19H27NS/c1-5-11-20-19(18-10-9-15(4)21-18)17-8-6-7-16(13-17)12-14(2)3/h6-10,13-14,19-20H,5,11-12H2,1-4H3. The van der Waals surface area contributed by atoms with Crippen molar-refractivity contribution in [3.05, 3.63) is 57.3 Å². The van der Waals surface area contributed by atoms with E-state index in [2.05, 4.69) is 69.4 Å². The maximum absolute atomic E-state index is 3.71. The molecule has 2 aromatic rings. The maximum Gasteiger partial charge on any atom is 0.0671 e. The molecule has 1 heterocycles. The fourth-order valence-corrected chi connectivity index (χ4v) is 3.63. The molecule has 1 atom stereocenters. The summed E-state index contributed by atoms with van der Waals surface area (Å²) in [7, 11) is 0. The Labute approximate surface area is 133 Å². The second-order valence-electron chi connectivity index (χ2n) is 6.18. The smallest absolute Gasteiger partial charge is 0.0671 e. The lowest BCUT2D eigenvalue weighted by atomic mass is 9.97. The first-order valence-corrected chi connectivity index (χ1v) is 8.80. The Hall–Kier alpha value is -1.12. The van der Waals surface area contributed by atoms with Gasteiger partial charge in [0.25, 0.3) is 0 Å². The van der Waals surface area contributed by atoms with Gasteiger partial charge < -0.3 is 5.32 Å². The van der Waals surface area contributed by atoms with Crippen molar-refractivity contribution in [2.24, 2.45) is 5.92 Å². The molecule has 0 fully saturated rings. The molecule has 0 aliphatic heterocycles. The van der Waals surface area contributed by atoms with E-state index < -0.39 is 0 Å². The summed E-state index contributed by atoms with van der Waals surface area (Å²) in [5.74, 6) is 0.700. The molecule has 0 saturated carbocycles. The molecular weight excluding hydrogens is 274 g/mol. The molecule has 1 aromatic carbocycles. The number of benzene rings is 1. The first-order chi connectivity index (χ1) is 10.1. The van der Waals surface area contributed by atoms with Crippen LogP contribution in [-0.4, -0.2) is 6.54 Å². The lowest BCUT2D eigenvalue weighted by molar-refractivity contribution is 0.603. The average Bonchev–Trinajstić information content (AvgIpc) is 2.85. The molecule has 0 radical (unpaired) electrons. The molecule has 0 bridgehead atoms. The highest BCUT2D eigenvalue weighted by Crippen LogP contribution is 2.29. The minimum Gasteiger partial charge on any atom is -0.306 e. The highest BCUT2D eigenvalue weighted by molar-refractivity contribution is 7.12.